The van der Waals surface area contributed by atoms with Crippen LogP contribution in [0.15, 0.2) is 30.3 Å². The number of benzene rings is 1. The van der Waals surface area contributed by atoms with Crippen LogP contribution in [-0.2, 0) is 16.4 Å². The predicted octanol–water partition coefficient (Wildman–Crippen LogP) is 2.77. The Labute approximate surface area is 108 Å². The van der Waals surface area contributed by atoms with Crippen LogP contribution in [-0.4, -0.2) is 24.0 Å². The molecular formula is C14H19NO2S. The smallest absolute Gasteiger partial charge is 0.154 e. The molecule has 1 heterocycles. The van der Waals surface area contributed by atoms with E-state index in [0.29, 0.717) is 6.54 Å². The van der Waals surface area contributed by atoms with Gasteiger partial charge in [0, 0.05) is 17.8 Å². The highest BCUT2D eigenvalue weighted by atomic mass is 32.2. The molecule has 0 radical (unpaired) electrons. The van der Waals surface area contributed by atoms with Gasteiger partial charge in [-0.1, -0.05) is 18.2 Å². The number of rotatable bonds is 4. The van der Waals surface area contributed by atoms with Gasteiger partial charge in [0.1, 0.15) is 0 Å². The van der Waals surface area contributed by atoms with Gasteiger partial charge in [0.05, 0.1) is 11.0 Å². The zero-order valence-corrected chi connectivity index (χ0v) is 11.9. The van der Waals surface area contributed by atoms with E-state index in [9.17, 15) is 8.42 Å². The van der Waals surface area contributed by atoms with E-state index in [-0.39, 0.29) is 11.0 Å². The van der Waals surface area contributed by atoms with Crippen molar-refractivity contribution in [3.8, 4) is 0 Å². The van der Waals surface area contributed by atoms with Crippen LogP contribution in [0.2, 0.25) is 0 Å². The Morgan fingerprint density at radius 3 is 2.56 bits per heavy atom. The maximum atomic E-state index is 11.9. The van der Waals surface area contributed by atoms with Crippen molar-refractivity contribution in [2.75, 3.05) is 5.75 Å². The van der Waals surface area contributed by atoms with Crippen molar-refractivity contribution in [1.29, 1.82) is 0 Å². The van der Waals surface area contributed by atoms with Crippen molar-refractivity contribution >= 4 is 20.7 Å². The molecule has 0 aliphatic heterocycles. The van der Waals surface area contributed by atoms with Crippen molar-refractivity contribution < 1.29 is 8.42 Å². The molecule has 0 spiro atoms. The second kappa shape index (κ2) is 4.76. The van der Waals surface area contributed by atoms with Crippen molar-refractivity contribution in [1.82, 2.24) is 4.57 Å². The third-order valence-electron chi connectivity index (χ3n) is 3.34. The number of hydrogen-bond acceptors (Lipinski definition) is 2. The van der Waals surface area contributed by atoms with E-state index >= 15 is 0 Å². The molecule has 3 nitrogen and oxygen atoms in total. The zero-order valence-electron chi connectivity index (χ0n) is 11.1. The van der Waals surface area contributed by atoms with E-state index in [1.54, 1.807) is 13.8 Å². The number of sulfone groups is 1. The number of fused-ring (bicyclic) bond motifs is 1. The largest absolute Gasteiger partial charge is 0.344 e. The van der Waals surface area contributed by atoms with Crippen LogP contribution in [0.5, 0.6) is 0 Å². The number of aromatic nitrogens is 1. The number of hydrogen-bond donors (Lipinski definition) is 0. The molecule has 0 saturated carbocycles. The minimum Gasteiger partial charge on any atom is -0.344 e. The van der Waals surface area contributed by atoms with E-state index in [1.165, 1.54) is 0 Å². The van der Waals surface area contributed by atoms with E-state index < -0.39 is 9.84 Å². The van der Waals surface area contributed by atoms with Crippen molar-refractivity contribution in [3.05, 3.63) is 36.0 Å². The van der Waals surface area contributed by atoms with Gasteiger partial charge in [0.15, 0.2) is 9.84 Å². The molecule has 0 N–H and O–H groups in total. The SMILES string of the molecule is Cc1cc2ccccc2n1CCS(=O)(=O)C(C)C. The minimum absolute atomic E-state index is 0.199. The lowest BCUT2D eigenvalue weighted by molar-refractivity contribution is 0.580. The third-order valence-corrected chi connectivity index (χ3v) is 5.52. The highest BCUT2D eigenvalue weighted by molar-refractivity contribution is 7.91. The molecule has 2 rings (SSSR count). The summed E-state index contributed by atoms with van der Waals surface area (Å²) in [6.45, 7) is 6.01. The fraction of sp³-hybridized carbons (Fsp3) is 0.429. The van der Waals surface area contributed by atoms with Crippen LogP contribution >= 0.6 is 0 Å². The summed E-state index contributed by atoms with van der Waals surface area (Å²) in [7, 11) is -2.98. The van der Waals surface area contributed by atoms with Gasteiger partial charge in [0.2, 0.25) is 0 Å². The second-order valence-electron chi connectivity index (χ2n) is 4.91. The number of nitrogens with zero attached hydrogens (tertiary/aromatic N) is 1. The Morgan fingerprint density at radius 2 is 1.89 bits per heavy atom. The quantitative estimate of drug-likeness (QED) is 0.852. The normalized spacial score (nSPS) is 12.4. The maximum absolute atomic E-state index is 11.9. The molecule has 0 unspecified atom stereocenters. The summed E-state index contributed by atoms with van der Waals surface area (Å²) in [5.41, 5.74) is 2.21. The van der Waals surface area contributed by atoms with E-state index in [0.717, 1.165) is 16.6 Å². The fourth-order valence-corrected chi connectivity index (χ4v) is 3.01. The van der Waals surface area contributed by atoms with Crippen LogP contribution < -0.4 is 0 Å². The number of para-hydroxylation sites is 1. The maximum Gasteiger partial charge on any atom is 0.154 e. The molecule has 98 valence electrons. The van der Waals surface area contributed by atoms with Gasteiger partial charge >= 0.3 is 0 Å². The van der Waals surface area contributed by atoms with Crippen molar-refractivity contribution in [2.45, 2.75) is 32.6 Å². The summed E-state index contributed by atoms with van der Waals surface area (Å²) in [6.07, 6.45) is 0. The average molecular weight is 265 g/mol. The first kappa shape index (κ1) is 13.1. The summed E-state index contributed by atoms with van der Waals surface area (Å²) in [4.78, 5) is 0. The van der Waals surface area contributed by atoms with E-state index in [4.69, 9.17) is 0 Å². The topological polar surface area (TPSA) is 39.1 Å². The standard InChI is InChI=1S/C14H19NO2S/c1-11(2)18(16,17)9-8-15-12(3)10-13-6-4-5-7-14(13)15/h4-7,10-11H,8-9H2,1-3H3. The molecular weight excluding hydrogens is 246 g/mol. The summed E-state index contributed by atoms with van der Waals surface area (Å²) in [5, 5.41) is 0.858. The Morgan fingerprint density at radius 1 is 1.22 bits per heavy atom. The van der Waals surface area contributed by atoms with Crippen LogP contribution in [0, 0.1) is 6.92 Å². The first-order valence-corrected chi connectivity index (χ1v) is 7.90. The lowest BCUT2D eigenvalue weighted by Gasteiger charge is -2.11. The average Bonchev–Trinajstić information content (AvgIpc) is 2.62. The third kappa shape index (κ3) is 2.43. The van der Waals surface area contributed by atoms with E-state index in [1.807, 2.05) is 25.1 Å². The van der Waals surface area contributed by atoms with Crippen LogP contribution in [0.3, 0.4) is 0 Å². The molecule has 2 aromatic rings. The van der Waals surface area contributed by atoms with Crippen LogP contribution in [0.4, 0.5) is 0 Å². The van der Waals surface area contributed by atoms with E-state index in [2.05, 4.69) is 16.7 Å². The molecule has 4 heteroatoms. The Balaban J connectivity index is 2.30. The van der Waals surface area contributed by atoms with Gasteiger partial charge in [0.25, 0.3) is 0 Å². The monoisotopic (exact) mass is 265 g/mol. The first-order chi connectivity index (χ1) is 8.42. The van der Waals surface area contributed by atoms with Crippen molar-refractivity contribution in [2.24, 2.45) is 0 Å². The lowest BCUT2D eigenvalue weighted by Crippen LogP contribution is -2.21. The summed E-state index contributed by atoms with van der Waals surface area (Å²) >= 11 is 0. The summed E-state index contributed by atoms with van der Waals surface area (Å²) in [5.74, 6) is 0.199. The molecule has 0 bridgehead atoms. The first-order valence-electron chi connectivity index (χ1n) is 6.18. The Bertz CT molecular complexity index is 653. The van der Waals surface area contributed by atoms with Gasteiger partial charge in [-0.15, -0.1) is 0 Å². The second-order valence-corrected chi connectivity index (χ2v) is 7.59. The summed E-state index contributed by atoms with van der Waals surface area (Å²) < 4.78 is 25.8. The molecule has 0 fully saturated rings. The molecule has 0 aliphatic carbocycles. The Hall–Kier alpha value is -1.29. The van der Waals surface area contributed by atoms with Gasteiger partial charge in [-0.3, -0.25) is 0 Å². The molecule has 0 aliphatic rings. The molecule has 0 amide bonds. The molecule has 18 heavy (non-hydrogen) atoms. The summed E-state index contributed by atoms with van der Waals surface area (Å²) in [6, 6.07) is 10.2. The van der Waals surface area contributed by atoms with Gasteiger partial charge in [-0.25, -0.2) is 8.42 Å². The van der Waals surface area contributed by atoms with Crippen molar-refractivity contribution in [3.63, 3.8) is 0 Å². The Kier molecular flexibility index (Phi) is 3.48. The lowest BCUT2D eigenvalue weighted by atomic mass is 10.2. The molecule has 1 aromatic heterocycles. The molecule has 0 saturated heterocycles. The van der Waals surface area contributed by atoms with Crippen LogP contribution in [0.25, 0.3) is 10.9 Å². The van der Waals surface area contributed by atoms with Gasteiger partial charge in [-0.2, -0.15) is 0 Å². The predicted molar refractivity (Wildman–Crippen MR) is 75.6 cm³/mol. The van der Waals surface area contributed by atoms with Crippen LogP contribution in [0.1, 0.15) is 19.5 Å². The van der Waals surface area contributed by atoms with Gasteiger partial charge in [-0.05, 0) is 38.3 Å². The zero-order chi connectivity index (χ0) is 13.3. The minimum atomic E-state index is -2.98. The molecule has 0 atom stereocenters. The fourth-order valence-electron chi connectivity index (χ4n) is 2.10. The highest BCUT2D eigenvalue weighted by Gasteiger charge is 2.16. The highest BCUT2D eigenvalue weighted by Crippen LogP contribution is 2.19. The van der Waals surface area contributed by atoms with Gasteiger partial charge < -0.3 is 4.57 Å². The molecule has 1 aromatic carbocycles. The number of aryl methyl sites for hydroxylation is 2.